The molecule has 0 aliphatic rings. The number of halogens is 1. The first-order valence-electron chi connectivity index (χ1n) is 5.59. The molecule has 1 aromatic rings. The molecule has 1 aromatic carbocycles. The predicted molar refractivity (Wildman–Crippen MR) is 71.3 cm³/mol. The van der Waals surface area contributed by atoms with Gasteiger partial charge in [0.2, 0.25) is 0 Å². The van der Waals surface area contributed by atoms with Crippen LogP contribution in [0.1, 0.15) is 37.5 Å². The van der Waals surface area contributed by atoms with Crippen LogP contribution in [-0.4, -0.2) is 11.7 Å². The third-order valence-corrected chi connectivity index (χ3v) is 4.07. The number of rotatable bonds is 4. The molecule has 0 saturated carbocycles. The van der Waals surface area contributed by atoms with Crippen molar-refractivity contribution in [3.8, 4) is 0 Å². The Hall–Kier alpha value is -0.380. The molecule has 3 N–H and O–H groups in total. The molecule has 0 aliphatic carbocycles. The highest BCUT2D eigenvalue weighted by atomic mass is 79.9. The van der Waals surface area contributed by atoms with Crippen molar-refractivity contribution >= 4 is 15.9 Å². The van der Waals surface area contributed by atoms with Crippen molar-refractivity contribution in [2.75, 3.05) is 6.54 Å². The Kier molecular flexibility index (Phi) is 4.53. The largest absolute Gasteiger partial charge is 0.388 e. The van der Waals surface area contributed by atoms with Gasteiger partial charge < -0.3 is 10.8 Å². The minimum Gasteiger partial charge on any atom is -0.388 e. The highest BCUT2D eigenvalue weighted by Gasteiger charge is 2.31. The van der Waals surface area contributed by atoms with Gasteiger partial charge in [-0.2, -0.15) is 0 Å². The van der Waals surface area contributed by atoms with Gasteiger partial charge in [0.25, 0.3) is 0 Å². The lowest BCUT2D eigenvalue weighted by Gasteiger charge is -2.33. The molecule has 0 aliphatic heterocycles. The Morgan fingerprint density at radius 1 is 1.50 bits per heavy atom. The second-order valence-electron chi connectivity index (χ2n) is 4.64. The molecule has 0 aromatic heterocycles. The van der Waals surface area contributed by atoms with Gasteiger partial charge in [0.1, 0.15) is 0 Å². The quantitative estimate of drug-likeness (QED) is 0.893. The van der Waals surface area contributed by atoms with Crippen LogP contribution in [0.4, 0.5) is 0 Å². The zero-order valence-corrected chi connectivity index (χ0v) is 11.7. The van der Waals surface area contributed by atoms with E-state index in [1.54, 1.807) is 0 Å². The van der Waals surface area contributed by atoms with E-state index in [9.17, 15) is 5.11 Å². The molecular weight excluding hydrogens is 266 g/mol. The summed E-state index contributed by atoms with van der Waals surface area (Å²) in [5.41, 5.74) is 7.59. The van der Waals surface area contributed by atoms with Crippen LogP contribution in [0.2, 0.25) is 0 Å². The topological polar surface area (TPSA) is 46.2 Å². The van der Waals surface area contributed by atoms with Gasteiger partial charge in [-0.25, -0.2) is 0 Å². The zero-order chi connectivity index (χ0) is 12.3. The monoisotopic (exact) mass is 285 g/mol. The first-order valence-corrected chi connectivity index (χ1v) is 6.38. The van der Waals surface area contributed by atoms with Crippen LogP contribution in [0.25, 0.3) is 0 Å². The van der Waals surface area contributed by atoms with E-state index in [1.807, 2.05) is 32.0 Å². The van der Waals surface area contributed by atoms with E-state index in [1.165, 1.54) is 5.56 Å². The van der Waals surface area contributed by atoms with E-state index in [0.717, 1.165) is 16.5 Å². The Labute approximate surface area is 106 Å². The van der Waals surface area contributed by atoms with Gasteiger partial charge in [0.05, 0.1) is 6.10 Å². The number of benzene rings is 1. The second kappa shape index (κ2) is 5.30. The fourth-order valence-corrected chi connectivity index (χ4v) is 2.39. The first kappa shape index (κ1) is 13.7. The van der Waals surface area contributed by atoms with E-state index in [0.29, 0.717) is 6.54 Å². The molecule has 0 fully saturated rings. The van der Waals surface area contributed by atoms with Gasteiger partial charge in [-0.1, -0.05) is 41.9 Å². The van der Waals surface area contributed by atoms with Crippen LogP contribution in [0.15, 0.2) is 22.7 Å². The molecule has 0 saturated heterocycles. The lowest BCUT2D eigenvalue weighted by molar-refractivity contribution is 0.0386. The highest BCUT2D eigenvalue weighted by molar-refractivity contribution is 9.10. The van der Waals surface area contributed by atoms with E-state index in [-0.39, 0.29) is 5.41 Å². The molecule has 0 radical (unpaired) electrons. The summed E-state index contributed by atoms with van der Waals surface area (Å²) in [4.78, 5) is 0. The molecule has 2 nitrogen and oxygen atoms in total. The summed E-state index contributed by atoms with van der Waals surface area (Å²) < 4.78 is 0.952. The summed E-state index contributed by atoms with van der Waals surface area (Å²) in [6.45, 7) is 6.58. The summed E-state index contributed by atoms with van der Waals surface area (Å²) in [5, 5.41) is 10.4. The van der Waals surface area contributed by atoms with E-state index in [2.05, 4.69) is 22.9 Å². The summed E-state index contributed by atoms with van der Waals surface area (Å²) in [7, 11) is 0. The van der Waals surface area contributed by atoms with Crippen LogP contribution >= 0.6 is 15.9 Å². The zero-order valence-electron chi connectivity index (χ0n) is 10.1. The third-order valence-electron chi connectivity index (χ3n) is 3.38. The molecule has 0 bridgehead atoms. The molecule has 0 spiro atoms. The van der Waals surface area contributed by atoms with Gasteiger partial charge in [-0.05, 0) is 30.5 Å². The van der Waals surface area contributed by atoms with Gasteiger partial charge in [0.15, 0.2) is 0 Å². The summed E-state index contributed by atoms with van der Waals surface area (Å²) in [6.07, 6.45) is 0.322. The average Bonchev–Trinajstić information content (AvgIpc) is 2.27. The summed E-state index contributed by atoms with van der Waals surface area (Å²) in [5.74, 6) is 0. The molecule has 0 heterocycles. The van der Waals surface area contributed by atoms with Gasteiger partial charge in [0, 0.05) is 16.4 Å². The van der Waals surface area contributed by atoms with E-state index in [4.69, 9.17) is 5.73 Å². The smallest absolute Gasteiger partial charge is 0.0866 e. The molecule has 1 rings (SSSR count). The highest BCUT2D eigenvalue weighted by Crippen LogP contribution is 2.38. The van der Waals surface area contributed by atoms with Crippen molar-refractivity contribution in [2.45, 2.75) is 33.3 Å². The maximum absolute atomic E-state index is 10.4. The van der Waals surface area contributed by atoms with E-state index >= 15 is 0 Å². The van der Waals surface area contributed by atoms with Crippen LogP contribution in [0, 0.1) is 12.3 Å². The maximum Gasteiger partial charge on any atom is 0.0866 e. The number of nitrogens with two attached hydrogens (primary N) is 1. The third kappa shape index (κ3) is 2.65. The lowest BCUT2D eigenvalue weighted by Crippen LogP contribution is -2.33. The average molecular weight is 286 g/mol. The number of hydrogen-bond acceptors (Lipinski definition) is 2. The summed E-state index contributed by atoms with van der Waals surface area (Å²) >= 11 is 3.50. The molecule has 2 unspecified atom stereocenters. The standard InChI is InChI=1S/C13H20BrNO/c1-4-13(3,8-15)12(16)10-6-5-9(2)7-11(10)14/h5-7,12,16H,4,8,15H2,1-3H3. The number of aliphatic hydroxyl groups excluding tert-OH is 1. The van der Waals surface area contributed by atoms with Crippen molar-refractivity contribution in [1.29, 1.82) is 0 Å². The van der Waals surface area contributed by atoms with Crippen molar-refractivity contribution in [3.63, 3.8) is 0 Å². The number of aliphatic hydroxyl groups is 1. The van der Waals surface area contributed by atoms with Gasteiger partial charge in [-0.3, -0.25) is 0 Å². The van der Waals surface area contributed by atoms with Crippen molar-refractivity contribution in [3.05, 3.63) is 33.8 Å². The van der Waals surface area contributed by atoms with Crippen LogP contribution in [0.3, 0.4) is 0 Å². The van der Waals surface area contributed by atoms with Crippen LogP contribution in [-0.2, 0) is 0 Å². The number of hydrogen-bond donors (Lipinski definition) is 2. The molecule has 2 atom stereocenters. The van der Waals surface area contributed by atoms with Gasteiger partial charge >= 0.3 is 0 Å². The van der Waals surface area contributed by atoms with Crippen molar-refractivity contribution in [2.24, 2.45) is 11.1 Å². The molecular formula is C13H20BrNO. The molecule has 16 heavy (non-hydrogen) atoms. The molecule has 0 amide bonds. The SMILES string of the molecule is CCC(C)(CN)C(O)c1ccc(C)cc1Br. The first-order chi connectivity index (χ1) is 7.44. The Morgan fingerprint density at radius 3 is 2.56 bits per heavy atom. The predicted octanol–water partition coefficient (Wildman–Crippen LogP) is 3.17. The Morgan fingerprint density at radius 2 is 2.12 bits per heavy atom. The minimum absolute atomic E-state index is 0.266. The Bertz CT molecular complexity index is 361. The van der Waals surface area contributed by atoms with Gasteiger partial charge in [-0.15, -0.1) is 0 Å². The van der Waals surface area contributed by atoms with Crippen molar-refractivity contribution < 1.29 is 5.11 Å². The molecule has 3 heteroatoms. The molecule has 90 valence electrons. The Balaban J connectivity index is 3.08. The lowest BCUT2D eigenvalue weighted by atomic mass is 9.78. The normalized spacial score (nSPS) is 16.9. The van der Waals surface area contributed by atoms with E-state index < -0.39 is 6.10 Å². The summed E-state index contributed by atoms with van der Waals surface area (Å²) in [6, 6.07) is 5.99. The second-order valence-corrected chi connectivity index (χ2v) is 5.49. The van der Waals surface area contributed by atoms with Crippen LogP contribution in [0.5, 0.6) is 0 Å². The fourth-order valence-electron chi connectivity index (χ4n) is 1.68. The fraction of sp³-hybridized carbons (Fsp3) is 0.538. The number of aryl methyl sites for hydroxylation is 1. The van der Waals surface area contributed by atoms with Crippen LogP contribution < -0.4 is 5.73 Å². The van der Waals surface area contributed by atoms with Crippen molar-refractivity contribution in [1.82, 2.24) is 0 Å². The minimum atomic E-state index is -0.530. The maximum atomic E-state index is 10.4.